The summed E-state index contributed by atoms with van der Waals surface area (Å²) in [7, 11) is 2.00. The van der Waals surface area contributed by atoms with Gasteiger partial charge in [-0.2, -0.15) is 0 Å². The number of allylic oxidation sites excluding steroid dienone is 1. The van der Waals surface area contributed by atoms with Crippen molar-refractivity contribution in [2.75, 3.05) is 12.4 Å². The van der Waals surface area contributed by atoms with Gasteiger partial charge in [-0.1, -0.05) is 97.4 Å². The summed E-state index contributed by atoms with van der Waals surface area (Å²) in [6, 6.07) is 11.2. The number of ether oxygens (including phenoxy) is 2. The maximum Gasteiger partial charge on any atom is 0.193 e. The monoisotopic (exact) mass is 519 g/mol. The second-order valence-electron chi connectivity index (χ2n) is 14.1. The molecule has 3 rings (SSSR count). The summed E-state index contributed by atoms with van der Waals surface area (Å²) in [6.45, 7) is 24.8. The Morgan fingerprint density at radius 1 is 0.974 bits per heavy atom. The zero-order chi connectivity index (χ0) is 28.5. The largest absolute Gasteiger partial charge is 0.388 e. The van der Waals surface area contributed by atoms with E-state index >= 15 is 0 Å². The fourth-order valence-electron chi connectivity index (χ4n) is 5.86. The van der Waals surface area contributed by atoms with Crippen LogP contribution >= 0.6 is 0 Å². The Balaban J connectivity index is 2.05. The predicted molar refractivity (Wildman–Crippen MR) is 164 cm³/mol. The van der Waals surface area contributed by atoms with Crippen LogP contribution in [0.25, 0.3) is 6.08 Å². The van der Waals surface area contributed by atoms with Crippen molar-refractivity contribution in [1.29, 1.82) is 0 Å². The molecular weight excluding hydrogens is 466 g/mol. The zero-order valence-corrected chi connectivity index (χ0v) is 26.2. The molecule has 1 aliphatic heterocycles. The van der Waals surface area contributed by atoms with E-state index < -0.39 is 5.79 Å². The lowest BCUT2D eigenvalue weighted by Crippen LogP contribution is -2.52. The molecule has 1 N–H and O–H groups in total. The average molecular weight is 520 g/mol. The van der Waals surface area contributed by atoms with Gasteiger partial charge in [-0.15, -0.1) is 0 Å². The number of aryl methyl sites for hydroxylation is 2. The van der Waals surface area contributed by atoms with Crippen LogP contribution in [0.2, 0.25) is 0 Å². The summed E-state index contributed by atoms with van der Waals surface area (Å²) < 4.78 is 13.8. The van der Waals surface area contributed by atoms with Gasteiger partial charge in [0.1, 0.15) is 0 Å². The molecular formula is C35H53NO2. The minimum atomic E-state index is -0.805. The Bertz CT molecular complexity index is 1110. The van der Waals surface area contributed by atoms with Crippen molar-refractivity contribution >= 4 is 11.8 Å². The van der Waals surface area contributed by atoms with E-state index in [9.17, 15) is 0 Å². The van der Waals surface area contributed by atoms with Gasteiger partial charge in [0.15, 0.2) is 5.79 Å². The van der Waals surface area contributed by atoms with E-state index in [-0.39, 0.29) is 23.0 Å². The standard InChI is InChI=1S/C35H53NO2/c1-23(2)19-26-15-14-18-29(36-12)28(26)17-13-16-27-21-24(3)20-25(4)32(27)35(11)37-30(33(5,6)7)22-31(38-35)34(8,9)10/h13-15,17-18,20-21,23,30-31,36H,16,19,22H2,1-12H3/b17-13-. The summed E-state index contributed by atoms with van der Waals surface area (Å²) in [5.41, 5.74) is 8.85. The van der Waals surface area contributed by atoms with Crippen LogP contribution in [0.15, 0.2) is 36.4 Å². The molecule has 1 fully saturated rings. The molecule has 2 aromatic rings. The highest BCUT2D eigenvalue weighted by molar-refractivity contribution is 5.70. The minimum absolute atomic E-state index is 0.0247. The van der Waals surface area contributed by atoms with Gasteiger partial charge in [-0.3, -0.25) is 0 Å². The van der Waals surface area contributed by atoms with Crippen molar-refractivity contribution < 1.29 is 9.47 Å². The second kappa shape index (κ2) is 11.6. The molecule has 1 saturated heterocycles. The van der Waals surface area contributed by atoms with E-state index in [2.05, 4.69) is 124 Å². The second-order valence-corrected chi connectivity index (χ2v) is 14.1. The van der Waals surface area contributed by atoms with E-state index in [0.717, 1.165) is 19.3 Å². The molecule has 0 aliphatic carbocycles. The average Bonchev–Trinajstić information content (AvgIpc) is 2.77. The fraction of sp³-hybridized carbons (Fsp3) is 0.600. The van der Waals surface area contributed by atoms with Gasteiger partial charge >= 0.3 is 0 Å². The highest BCUT2D eigenvalue weighted by Gasteiger charge is 2.48. The van der Waals surface area contributed by atoms with E-state index in [1.165, 1.54) is 39.1 Å². The van der Waals surface area contributed by atoms with Crippen LogP contribution in [0, 0.1) is 30.6 Å². The lowest BCUT2D eigenvalue weighted by Gasteiger charge is -2.51. The first-order chi connectivity index (χ1) is 17.5. The quantitative estimate of drug-likeness (QED) is 0.395. The maximum atomic E-state index is 6.92. The van der Waals surface area contributed by atoms with Crippen LogP contribution in [0.4, 0.5) is 5.69 Å². The summed E-state index contributed by atoms with van der Waals surface area (Å²) in [6.07, 6.45) is 7.61. The molecule has 2 aromatic carbocycles. The van der Waals surface area contributed by atoms with Gasteiger partial charge in [0, 0.05) is 30.3 Å². The van der Waals surface area contributed by atoms with E-state index in [4.69, 9.17) is 9.47 Å². The molecule has 0 saturated carbocycles. The molecule has 0 aromatic heterocycles. The van der Waals surface area contributed by atoms with Crippen molar-refractivity contribution in [3.63, 3.8) is 0 Å². The molecule has 1 aliphatic rings. The minimum Gasteiger partial charge on any atom is -0.388 e. The molecule has 3 heteroatoms. The molecule has 1 heterocycles. The topological polar surface area (TPSA) is 30.5 Å². The Morgan fingerprint density at radius 2 is 1.58 bits per heavy atom. The first kappa shape index (κ1) is 30.4. The van der Waals surface area contributed by atoms with Crippen LogP contribution in [0.1, 0.15) is 102 Å². The smallest absolute Gasteiger partial charge is 0.193 e. The molecule has 0 bridgehead atoms. The van der Waals surface area contributed by atoms with Crippen molar-refractivity contribution in [3.05, 3.63) is 69.8 Å². The highest BCUT2D eigenvalue weighted by atomic mass is 16.7. The lowest BCUT2D eigenvalue weighted by molar-refractivity contribution is -0.346. The highest BCUT2D eigenvalue weighted by Crippen LogP contribution is 2.47. The Kier molecular flexibility index (Phi) is 9.26. The molecule has 38 heavy (non-hydrogen) atoms. The van der Waals surface area contributed by atoms with Crippen molar-refractivity contribution in [1.82, 2.24) is 0 Å². The van der Waals surface area contributed by atoms with Gasteiger partial charge in [0.25, 0.3) is 0 Å². The third kappa shape index (κ3) is 7.10. The summed E-state index contributed by atoms with van der Waals surface area (Å²) in [5, 5.41) is 3.39. The third-order valence-electron chi connectivity index (χ3n) is 7.83. The first-order valence-electron chi connectivity index (χ1n) is 14.5. The van der Waals surface area contributed by atoms with Crippen molar-refractivity contribution in [2.45, 2.75) is 113 Å². The molecule has 3 nitrogen and oxygen atoms in total. The van der Waals surface area contributed by atoms with Crippen LogP contribution in [0.3, 0.4) is 0 Å². The Hall–Kier alpha value is -2.10. The SMILES string of the molecule is CNc1cccc(CC(C)C)c1/C=C\Cc1cc(C)cc(C)c1C1(C)OC(C(C)(C)C)CC(C(C)(C)C)O1. The number of hydrogen-bond acceptors (Lipinski definition) is 3. The third-order valence-corrected chi connectivity index (χ3v) is 7.83. The molecule has 0 amide bonds. The first-order valence-corrected chi connectivity index (χ1v) is 14.5. The van der Waals surface area contributed by atoms with E-state index in [1.807, 2.05) is 7.05 Å². The summed E-state index contributed by atoms with van der Waals surface area (Å²) in [5.74, 6) is -0.201. The molecule has 2 atom stereocenters. The van der Waals surface area contributed by atoms with Gasteiger partial charge in [0.2, 0.25) is 0 Å². The van der Waals surface area contributed by atoms with Gasteiger partial charge in [-0.25, -0.2) is 0 Å². The van der Waals surface area contributed by atoms with Crippen LogP contribution in [0.5, 0.6) is 0 Å². The Labute approximate surface area is 233 Å². The number of benzene rings is 2. The summed E-state index contributed by atoms with van der Waals surface area (Å²) in [4.78, 5) is 0. The van der Waals surface area contributed by atoms with E-state index in [1.54, 1.807) is 0 Å². The normalized spacial score (nSPS) is 22.9. The predicted octanol–water partition coefficient (Wildman–Crippen LogP) is 9.24. The fourth-order valence-corrected chi connectivity index (χ4v) is 5.86. The van der Waals surface area contributed by atoms with Crippen molar-refractivity contribution in [3.8, 4) is 0 Å². The van der Waals surface area contributed by atoms with Crippen LogP contribution in [-0.4, -0.2) is 19.3 Å². The van der Waals surface area contributed by atoms with Crippen LogP contribution < -0.4 is 5.32 Å². The molecule has 0 spiro atoms. The number of rotatable bonds is 7. The molecule has 0 radical (unpaired) electrons. The lowest BCUT2D eigenvalue weighted by atomic mass is 9.77. The van der Waals surface area contributed by atoms with Crippen LogP contribution in [-0.2, 0) is 28.1 Å². The van der Waals surface area contributed by atoms with Crippen molar-refractivity contribution in [2.24, 2.45) is 16.7 Å². The molecule has 2 unspecified atom stereocenters. The van der Waals surface area contributed by atoms with E-state index in [0.29, 0.717) is 5.92 Å². The number of hydrogen-bond donors (Lipinski definition) is 1. The Morgan fingerprint density at radius 3 is 2.11 bits per heavy atom. The van der Waals surface area contributed by atoms with Gasteiger partial charge in [0.05, 0.1) is 12.2 Å². The van der Waals surface area contributed by atoms with Gasteiger partial charge in [-0.05, 0) is 73.1 Å². The maximum absolute atomic E-state index is 6.92. The molecule has 210 valence electrons. The van der Waals surface area contributed by atoms with Gasteiger partial charge < -0.3 is 14.8 Å². The number of nitrogens with one attached hydrogen (secondary N) is 1. The number of anilines is 1. The zero-order valence-electron chi connectivity index (χ0n) is 26.2. The summed E-state index contributed by atoms with van der Waals surface area (Å²) >= 11 is 0.